The molecule has 2 aromatic rings. The lowest BCUT2D eigenvalue weighted by atomic mass is 9.93. The number of carbonyl (C=O) groups is 2. The standard InChI is InChI=1S/C30H23NO4/c1-4-9-23(35-16-5-2)20(6-3)27-25-21-12-7-10-19-11-8-13-22(24(19)21)26(25)28(29(27)32)30(33)31-14-17-34-18-15-31/h1-2,6-13H,14-18H2,3H3/b20-6+,23-9+. The fraction of sp³-hybridized carbons (Fsp3) is 0.200. The highest BCUT2D eigenvalue weighted by molar-refractivity contribution is 6.46. The predicted molar refractivity (Wildman–Crippen MR) is 136 cm³/mol. The summed E-state index contributed by atoms with van der Waals surface area (Å²) in [6.07, 6.45) is 14.2. The molecule has 1 heterocycles. The van der Waals surface area contributed by atoms with Crippen LogP contribution in [0.5, 0.6) is 0 Å². The number of hydrogen-bond acceptors (Lipinski definition) is 4. The van der Waals surface area contributed by atoms with Gasteiger partial charge in [-0.2, -0.15) is 0 Å². The van der Waals surface area contributed by atoms with Crippen LogP contribution in [0, 0.1) is 24.7 Å². The van der Waals surface area contributed by atoms with Crippen LogP contribution in [-0.4, -0.2) is 49.5 Å². The number of Topliss-reactive ketones (excluding diaryl/α,β-unsaturated/α-hetero) is 1. The second-order valence-electron chi connectivity index (χ2n) is 8.31. The number of fused-ring (bicyclic) bond motifs is 3. The third-order valence-electron chi connectivity index (χ3n) is 6.51. The molecule has 2 aromatic carbocycles. The zero-order chi connectivity index (χ0) is 24.5. The monoisotopic (exact) mass is 461 g/mol. The number of hydrogen-bond donors (Lipinski definition) is 0. The van der Waals surface area contributed by atoms with E-state index in [2.05, 4.69) is 11.8 Å². The van der Waals surface area contributed by atoms with E-state index in [0.717, 1.165) is 27.5 Å². The van der Waals surface area contributed by atoms with Gasteiger partial charge in [-0.1, -0.05) is 54.3 Å². The van der Waals surface area contributed by atoms with Crippen molar-refractivity contribution in [3.05, 3.63) is 82.2 Å². The van der Waals surface area contributed by atoms with Gasteiger partial charge in [0.15, 0.2) is 0 Å². The lowest BCUT2D eigenvalue weighted by molar-refractivity contribution is -0.132. The molecule has 172 valence electrons. The number of nitrogens with zero attached hydrogens (tertiary/aromatic N) is 1. The molecule has 1 fully saturated rings. The summed E-state index contributed by atoms with van der Waals surface area (Å²) in [4.78, 5) is 29.6. The average molecular weight is 462 g/mol. The van der Waals surface area contributed by atoms with Crippen LogP contribution in [0.4, 0.5) is 0 Å². The Morgan fingerprint density at radius 2 is 1.74 bits per heavy atom. The van der Waals surface area contributed by atoms with Gasteiger partial charge in [0.05, 0.1) is 18.8 Å². The number of terminal acetylenes is 2. The van der Waals surface area contributed by atoms with Gasteiger partial charge in [0.25, 0.3) is 5.91 Å². The van der Waals surface area contributed by atoms with Crippen LogP contribution in [-0.2, 0) is 19.1 Å². The van der Waals surface area contributed by atoms with Crippen molar-refractivity contribution in [2.75, 3.05) is 32.9 Å². The Morgan fingerprint density at radius 1 is 1.09 bits per heavy atom. The molecule has 0 atom stereocenters. The highest BCUT2D eigenvalue weighted by Crippen LogP contribution is 2.54. The topological polar surface area (TPSA) is 55.8 Å². The van der Waals surface area contributed by atoms with Crippen molar-refractivity contribution < 1.29 is 19.1 Å². The minimum absolute atomic E-state index is 0.00266. The van der Waals surface area contributed by atoms with Crippen molar-refractivity contribution >= 4 is 33.6 Å². The van der Waals surface area contributed by atoms with E-state index in [1.807, 2.05) is 43.3 Å². The SMILES string of the molecule is C#C/C=C(OCC#C)\C(=C/C)C1=C2C(=C(C(=O)N3CCOCC3)C1=O)c1cccc3cccc2c13. The Balaban J connectivity index is 1.76. The quantitative estimate of drug-likeness (QED) is 0.293. The second kappa shape index (κ2) is 9.14. The summed E-state index contributed by atoms with van der Waals surface area (Å²) in [5.74, 6) is 4.63. The Bertz CT molecular complexity index is 1480. The largest absolute Gasteiger partial charge is 0.480 e. The molecule has 0 saturated carbocycles. The van der Waals surface area contributed by atoms with E-state index < -0.39 is 0 Å². The molecule has 2 aliphatic carbocycles. The third-order valence-corrected chi connectivity index (χ3v) is 6.51. The highest BCUT2D eigenvalue weighted by Gasteiger charge is 2.44. The van der Waals surface area contributed by atoms with Crippen LogP contribution in [0.2, 0.25) is 0 Å². The van der Waals surface area contributed by atoms with E-state index >= 15 is 0 Å². The first kappa shape index (κ1) is 22.5. The molecule has 0 aromatic heterocycles. The Kier molecular flexibility index (Phi) is 5.87. The number of allylic oxidation sites excluding steroid dienone is 5. The predicted octanol–water partition coefficient (Wildman–Crippen LogP) is 3.92. The van der Waals surface area contributed by atoms with E-state index in [1.165, 1.54) is 6.08 Å². The van der Waals surface area contributed by atoms with Crippen molar-refractivity contribution in [1.82, 2.24) is 4.90 Å². The maximum atomic E-state index is 14.1. The van der Waals surface area contributed by atoms with Crippen LogP contribution in [0.3, 0.4) is 0 Å². The fourth-order valence-electron chi connectivity index (χ4n) is 5.09. The Hall–Kier alpha value is -4.32. The van der Waals surface area contributed by atoms with Crippen molar-refractivity contribution in [2.24, 2.45) is 0 Å². The van der Waals surface area contributed by atoms with Crippen LogP contribution in [0.15, 0.2) is 71.0 Å². The van der Waals surface area contributed by atoms with E-state index in [4.69, 9.17) is 22.3 Å². The zero-order valence-corrected chi connectivity index (χ0v) is 19.4. The first-order valence-corrected chi connectivity index (χ1v) is 11.4. The van der Waals surface area contributed by atoms with Gasteiger partial charge < -0.3 is 14.4 Å². The maximum Gasteiger partial charge on any atom is 0.258 e. The molecule has 0 unspecified atom stereocenters. The van der Waals surface area contributed by atoms with Gasteiger partial charge in [0.2, 0.25) is 5.78 Å². The van der Waals surface area contributed by atoms with Crippen LogP contribution in [0.25, 0.3) is 21.9 Å². The molecule has 0 spiro atoms. The van der Waals surface area contributed by atoms with E-state index in [0.29, 0.717) is 48.8 Å². The third kappa shape index (κ3) is 3.49. The molecular formula is C30H23NO4. The van der Waals surface area contributed by atoms with Crippen molar-refractivity contribution in [2.45, 2.75) is 6.92 Å². The number of carbonyl (C=O) groups excluding carboxylic acids is 2. The molecule has 0 bridgehead atoms. The van der Waals surface area contributed by atoms with Crippen molar-refractivity contribution in [3.63, 3.8) is 0 Å². The van der Waals surface area contributed by atoms with Gasteiger partial charge in [-0.25, -0.2) is 0 Å². The molecule has 0 N–H and O–H groups in total. The van der Waals surface area contributed by atoms with Crippen LogP contribution < -0.4 is 0 Å². The molecule has 5 rings (SSSR count). The van der Waals surface area contributed by atoms with Crippen LogP contribution >= 0.6 is 0 Å². The summed E-state index contributed by atoms with van der Waals surface area (Å²) in [6, 6.07) is 11.9. The zero-order valence-electron chi connectivity index (χ0n) is 19.4. The molecule has 1 saturated heterocycles. The minimum atomic E-state index is -0.335. The van der Waals surface area contributed by atoms with E-state index in [-0.39, 0.29) is 23.9 Å². The molecule has 5 heteroatoms. The molecule has 1 amide bonds. The average Bonchev–Trinajstić information content (AvgIpc) is 3.37. The Labute approximate surface area is 204 Å². The van der Waals surface area contributed by atoms with E-state index in [1.54, 1.807) is 11.0 Å². The second-order valence-corrected chi connectivity index (χ2v) is 8.31. The van der Waals surface area contributed by atoms with Gasteiger partial charge in [-0.3, -0.25) is 9.59 Å². The summed E-state index contributed by atoms with van der Waals surface area (Å²) in [7, 11) is 0. The number of rotatable bonds is 5. The lowest BCUT2D eigenvalue weighted by Crippen LogP contribution is -2.42. The van der Waals surface area contributed by atoms with Gasteiger partial charge in [-0.05, 0) is 28.8 Å². The fourth-order valence-corrected chi connectivity index (χ4v) is 5.09. The number of ether oxygens (including phenoxy) is 2. The van der Waals surface area contributed by atoms with E-state index in [9.17, 15) is 9.59 Å². The maximum absolute atomic E-state index is 14.1. The summed E-state index contributed by atoms with van der Waals surface area (Å²) >= 11 is 0. The van der Waals surface area contributed by atoms with Crippen molar-refractivity contribution in [1.29, 1.82) is 0 Å². The first-order chi connectivity index (χ1) is 17.1. The number of amides is 1. The number of benzene rings is 2. The lowest BCUT2D eigenvalue weighted by Gasteiger charge is -2.27. The summed E-state index contributed by atoms with van der Waals surface area (Å²) in [6.45, 7) is 3.58. The first-order valence-electron chi connectivity index (χ1n) is 11.4. The highest BCUT2D eigenvalue weighted by atomic mass is 16.5. The van der Waals surface area contributed by atoms with Gasteiger partial charge in [0, 0.05) is 41.5 Å². The number of morpholine rings is 1. The summed E-state index contributed by atoms with van der Waals surface area (Å²) in [5, 5.41) is 2.07. The molecular weight excluding hydrogens is 438 g/mol. The molecule has 1 aliphatic heterocycles. The summed E-state index contributed by atoms with van der Waals surface area (Å²) < 4.78 is 11.2. The van der Waals surface area contributed by atoms with Gasteiger partial charge >= 0.3 is 0 Å². The normalized spacial score (nSPS) is 17.6. The molecule has 35 heavy (non-hydrogen) atoms. The molecule has 3 aliphatic rings. The van der Waals surface area contributed by atoms with Gasteiger partial charge in [-0.15, -0.1) is 12.8 Å². The van der Waals surface area contributed by atoms with Crippen LogP contribution in [0.1, 0.15) is 18.1 Å². The minimum Gasteiger partial charge on any atom is -0.480 e. The molecule has 0 radical (unpaired) electrons. The molecule has 5 nitrogen and oxygen atoms in total. The smallest absolute Gasteiger partial charge is 0.258 e. The summed E-state index contributed by atoms with van der Waals surface area (Å²) in [5.41, 5.74) is 4.31. The van der Waals surface area contributed by atoms with Gasteiger partial charge in [0.1, 0.15) is 12.4 Å². The number of ketones is 1. The van der Waals surface area contributed by atoms with Crippen molar-refractivity contribution in [3.8, 4) is 24.7 Å². The Morgan fingerprint density at radius 3 is 2.34 bits per heavy atom.